The van der Waals surface area contributed by atoms with Crippen LogP contribution in [0.3, 0.4) is 0 Å². The summed E-state index contributed by atoms with van der Waals surface area (Å²) in [5.74, 6) is 0.183. The van der Waals surface area contributed by atoms with Crippen molar-refractivity contribution in [2.45, 2.75) is 36.6 Å². The Morgan fingerprint density at radius 3 is 2.80 bits per heavy atom. The highest BCUT2D eigenvalue weighted by molar-refractivity contribution is 7.98. The van der Waals surface area contributed by atoms with Crippen molar-refractivity contribution >= 4 is 27.5 Å². The minimum Gasteiger partial charge on any atom is -0.314 e. The quantitative estimate of drug-likeness (QED) is 0.543. The lowest BCUT2D eigenvalue weighted by Gasteiger charge is -2.09. The summed E-state index contributed by atoms with van der Waals surface area (Å²) in [6, 6.07) is 8.16. The van der Waals surface area contributed by atoms with E-state index < -0.39 is 10.0 Å². The molecule has 2 N–H and O–H groups in total. The molecule has 1 aromatic carbocycles. The lowest BCUT2D eigenvalue weighted by Crippen LogP contribution is -2.20. The van der Waals surface area contributed by atoms with Crippen LogP contribution < -0.4 is 10.0 Å². The first kappa shape index (κ1) is 15.7. The molecule has 1 saturated carbocycles. The number of nitrogens with one attached hydrogen (secondary N) is 2. The Morgan fingerprint density at radius 1 is 1.30 bits per heavy atom. The normalized spacial score (nSPS) is 15.2. The Labute approximate surface area is 125 Å². The molecule has 0 radical (unpaired) electrons. The van der Waals surface area contributed by atoms with E-state index in [-0.39, 0.29) is 5.75 Å². The molecule has 0 amide bonds. The second kappa shape index (κ2) is 7.33. The summed E-state index contributed by atoms with van der Waals surface area (Å²) in [6.45, 7) is 0.919. The highest BCUT2D eigenvalue weighted by atomic mass is 32.2. The molecule has 0 atom stereocenters. The van der Waals surface area contributed by atoms with Crippen molar-refractivity contribution in [2.24, 2.45) is 0 Å². The van der Waals surface area contributed by atoms with E-state index in [1.54, 1.807) is 17.8 Å². The summed E-state index contributed by atoms with van der Waals surface area (Å²) in [5.41, 5.74) is 0.646. The highest BCUT2D eigenvalue weighted by Crippen LogP contribution is 2.20. The van der Waals surface area contributed by atoms with Gasteiger partial charge in [-0.3, -0.25) is 4.72 Å². The van der Waals surface area contributed by atoms with Gasteiger partial charge in [0.1, 0.15) is 0 Å². The van der Waals surface area contributed by atoms with Gasteiger partial charge in [0.2, 0.25) is 10.0 Å². The van der Waals surface area contributed by atoms with Crippen molar-refractivity contribution in [1.82, 2.24) is 5.32 Å². The molecule has 0 aromatic heterocycles. The van der Waals surface area contributed by atoms with Gasteiger partial charge in [-0.2, -0.15) is 0 Å². The number of thioether (sulfide) groups is 1. The number of rotatable bonds is 9. The van der Waals surface area contributed by atoms with Crippen LogP contribution in [0.25, 0.3) is 0 Å². The summed E-state index contributed by atoms with van der Waals surface area (Å²) in [5, 5.41) is 3.39. The van der Waals surface area contributed by atoms with E-state index in [2.05, 4.69) is 10.0 Å². The summed E-state index contributed by atoms with van der Waals surface area (Å²) in [4.78, 5) is 1.05. The summed E-state index contributed by atoms with van der Waals surface area (Å²) in [7, 11) is -3.23. The van der Waals surface area contributed by atoms with E-state index >= 15 is 0 Å². The molecule has 0 bridgehead atoms. The molecular formula is C14H22N2O2S2. The minimum absolute atomic E-state index is 0.183. The molecule has 1 aliphatic carbocycles. The SMILES string of the molecule is CSc1cccc(NS(=O)(=O)CCCCNC2CC2)c1. The Balaban J connectivity index is 1.74. The van der Waals surface area contributed by atoms with Gasteiger partial charge in [-0.15, -0.1) is 11.8 Å². The topological polar surface area (TPSA) is 58.2 Å². The lowest BCUT2D eigenvalue weighted by molar-refractivity contribution is 0.591. The fraction of sp³-hybridized carbons (Fsp3) is 0.571. The molecule has 0 saturated heterocycles. The summed E-state index contributed by atoms with van der Waals surface area (Å²) < 4.78 is 26.6. The van der Waals surface area contributed by atoms with Gasteiger partial charge in [-0.25, -0.2) is 8.42 Å². The lowest BCUT2D eigenvalue weighted by atomic mass is 10.3. The fourth-order valence-electron chi connectivity index (χ4n) is 1.93. The van der Waals surface area contributed by atoms with Crippen molar-refractivity contribution in [1.29, 1.82) is 0 Å². The monoisotopic (exact) mass is 314 g/mol. The first-order valence-corrected chi connectivity index (χ1v) is 9.85. The molecule has 20 heavy (non-hydrogen) atoms. The molecule has 2 rings (SSSR count). The second-order valence-corrected chi connectivity index (χ2v) is 7.81. The molecule has 0 spiro atoms. The maximum Gasteiger partial charge on any atom is 0.232 e. The molecule has 0 aliphatic heterocycles. The largest absolute Gasteiger partial charge is 0.314 e. The number of unbranched alkanes of at least 4 members (excludes halogenated alkanes) is 1. The van der Waals surface area contributed by atoms with Gasteiger partial charge in [0.05, 0.1) is 5.75 Å². The average molecular weight is 314 g/mol. The van der Waals surface area contributed by atoms with Crippen LogP contribution in [0.4, 0.5) is 5.69 Å². The van der Waals surface area contributed by atoms with E-state index in [0.717, 1.165) is 17.9 Å². The number of hydrogen-bond acceptors (Lipinski definition) is 4. The van der Waals surface area contributed by atoms with Crippen LogP contribution in [-0.4, -0.2) is 33.0 Å². The van der Waals surface area contributed by atoms with E-state index in [1.807, 2.05) is 24.5 Å². The fourth-order valence-corrected chi connectivity index (χ4v) is 3.56. The van der Waals surface area contributed by atoms with Crippen molar-refractivity contribution in [3.05, 3.63) is 24.3 Å². The Kier molecular flexibility index (Phi) is 5.74. The minimum atomic E-state index is -3.23. The molecule has 0 unspecified atom stereocenters. The summed E-state index contributed by atoms with van der Waals surface area (Å²) >= 11 is 1.60. The third-order valence-corrected chi connectivity index (χ3v) is 5.29. The molecule has 1 aliphatic rings. The maximum absolute atomic E-state index is 12.0. The molecule has 0 heterocycles. The Bertz CT molecular complexity index is 528. The van der Waals surface area contributed by atoms with Gasteiger partial charge in [-0.1, -0.05) is 6.07 Å². The zero-order chi connectivity index (χ0) is 14.4. The van der Waals surface area contributed by atoms with E-state index in [9.17, 15) is 8.42 Å². The number of benzene rings is 1. The number of anilines is 1. The van der Waals surface area contributed by atoms with Crippen LogP contribution in [0.15, 0.2) is 29.2 Å². The predicted octanol–water partition coefficient (Wildman–Crippen LogP) is 2.68. The van der Waals surface area contributed by atoms with E-state index in [0.29, 0.717) is 18.2 Å². The van der Waals surface area contributed by atoms with Crippen molar-refractivity contribution in [2.75, 3.05) is 23.3 Å². The van der Waals surface area contributed by atoms with Crippen LogP contribution >= 0.6 is 11.8 Å². The van der Waals surface area contributed by atoms with Crippen molar-refractivity contribution in [3.63, 3.8) is 0 Å². The molecular weight excluding hydrogens is 292 g/mol. The zero-order valence-corrected chi connectivity index (χ0v) is 13.4. The molecule has 112 valence electrons. The van der Waals surface area contributed by atoms with E-state index in [1.165, 1.54) is 12.8 Å². The predicted molar refractivity (Wildman–Crippen MR) is 85.9 cm³/mol. The Hall–Kier alpha value is -0.720. The summed E-state index contributed by atoms with van der Waals surface area (Å²) in [6.07, 6.45) is 6.11. The van der Waals surface area contributed by atoms with Gasteiger partial charge in [-0.05, 0) is 56.7 Å². The van der Waals surface area contributed by atoms with Crippen LogP contribution in [0.1, 0.15) is 25.7 Å². The zero-order valence-electron chi connectivity index (χ0n) is 11.8. The average Bonchev–Trinajstić information content (AvgIpc) is 3.22. The Morgan fingerprint density at radius 2 is 2.10 bits per heavy atom. The smallest absolute Gasteiger partial charge is 0.232 e. The van der Waals surface area contributed by atoms with Crippen LogP contribution in [0.2, 0.25) is 0 Å². The highest BCUT2D eigenvalue weighted by Gasteiger charge is 2.19. The first-order valence-electron chi connectivity index (χ1n) is 6.97. The van der Waals surface area contributed by atoms with Gasteiger partial charge in [0.15, 0.2) is 0 Å². The number of hydrogen-bond donors (Lipinski definition) is 2. The van der Waals surface area contributed by atoms with Gasteiger partial charge < -0.3 is 5.32 Å². The van der Waals surface area contributed by atoms with Gasteiger partial charge >= 0.3 is 0 Å². The van der Waals surface area contributed by atoms with Crippen LogP contribution in [0.5, 0.6) is 0 Å². The van der Waals surface area contributed by atoms with Crippen molar-refractivity contribution in [3.8, 4) is 0 Å². The second-order valence-electron chi connectivity index (χ2n) is 5.09. The van der Waals surface area contributed by atoms with E-state index in [4.69, 9.17) is 0 Å². The van der Waals surface area contributed by atoms with Crippen LogP contribution in [0, 0.1) is 0 Å². The third-order valence-electron chi connectivity index (χ3n) is 3.19. The van der Waals surface area contributed by atoms with Crippen LogP contribution in [-0.2, 0) is 10.0 Å². The molecule has 1 fully saturated rings. The van der Waals surface area contributed by atoms with Gasteiger partial charge in [0.25, 0.3) is 0 Å². The van der Waals surface area contributed by atoms with Crippen molar-refractivity contribution < 1.29 is 8.42 Å². The first-order chi connectivity index (χ1) is 9.59. The van der Waals surface area contributed by atoms with Gasteiger partial charge in [0, 0.05) is 16.6 Å². The standard InChI is InChI=1S/C14H22N2O2S2/c1-19-14-6-4-5-13(11-14)16-20(17,18)10-3-2-9-15-12-7-8-12/h4-6,11-12,15-16H,2-3,7-10H2,1H3. The molecule has 6 heteroatoms. The number of sulfonamides is 1. The molecule has 1 aromatic rings. The molecule has 4 nitrogen and oxygen atoms in total. The third kappa shape index (κ3) is 5.73. The maximum atomic E-state index is 12.0.